The zero-order valence-electron chi connectivity index (χ0n) is 13.0. The van der Waals surface area contributed by atoms with Crippen LogP contribution in [0.4, 0.5) is 0 Å². The number of hydrogen-bond acceptors (Lipinski definition) is 10. The van der Waals surface area contributed by atoms with Crippen molar-refractivity contribution >= 4 is 31.3 Å². The van der Waals surface area contributed by atoms with Gasteiger partial charge >= 0.3 is 23.5 Å². The molecule has 0 bridgehead atoms. The fraction of sp³-hybridized carbons (Fsp3) is 0.857. The first-order valence-electron chi connectivity index (χ1n) is 6.55. The van der Waals surface area contributed by atoms with E-state index in [0.29, 0.717) is 0 Å². The van der Waals surface area contributed by atoms with Crippen LogP contribution >= 0.6 is 23.5 Å². The van der Waals surface area contributed by atoms with E-state index >= 15 is 0 Å². The van der Waals surface area contributed by atoms with Gasteiger partial charge in [0.15, 0.2) is 0 Å². The molecule has 150 valence electrons. The van der Waals surface area contributed by atoms with Crippen LogP contribution < -0.4 is 0 Å². The predicted octanol–water partition coefficient (Wildman–Crippen LogP) is 0.158. The van der Waals surface area contributed by atoms with Crippen molar-refractivity contribution in [3.63, 3.8) is 0 Å². The number of hydrogen-bond donors (Lipinski definition) is 4. The molecule has 0 aromatic rings. The van der Waals surface area contributed by atoms with Gasteiger partial charge < -0.3 is 29.0 Å². The van der Waals surface area contributed by atoms with E-state index in [2.05, 4.69) is 23.2 Å². The van der Waals surface area contributed by atoms with E-state index in [-0.39, 0.29) is 6.42 Å². The third-order valence-electron chi connectivity index (χ3n) is 2.62. The monoisotopic (exact) mass is 448 g/mol. The van der Waals surface area contributed by atoms with Crippen LogP contribution in [0.5, 0.6) is 0 Å². The summed E-state index contributed by atoms with van der Waals surface area (Å²) in [6.07, 6.45) is -3.79. The third-order valence-corrected chi connectivity index (χ3v) is 6.42. The van der Waals surface area contributed by atoms with Gasteiger partial charge in [-0.3, -0.25) is 4.52 Å². The normalized spacial score (nSPS) is 28.3. The number of phosphoric acid groups is 3. The molecule has 4 N–H and O–H groups in total. The number of phosphoric ester groups is 1. The summed E-state index contributed by atoms with van der Waals surface area (Å²) in [6, 6.07) is 0.586. The standard InChI is InChI=1S/C7H12BN4O12P3/c8-6-1-4(22-7(2-9)11-12-10)5(21-6)3-20-26(16,17)24-27(18,19)23-25(13,14)15/h4-7H,1,3H2,(H,16,17)(H,18,19)(H2,13,14,15)/t4-,5?,6?,7?/m1/s1. The molecule has 1 rings (SSSR count). The zero-order chi connectivity index (χ0) is 20.9. The lowest BCUT2D eigenvalue weighted by atomic mass is 9.96. The van der Waals surface area contributed by atoms with Crippen molar-refractivity contribution in [3.8, 4) is 6.07 Å². The smallest absolute Gasteiger partial charge is 0.380 e. The lowest BCUT2D eigenvalue weighted by molar-refractivity contribution is -0.0508. The quantitative estimate of drug-likeness (QED) is 0.114. The maximum absolute atomic E-state index is 11.6. The number of rotatable bonds is 10. The van der Waals surface area contributed by atoms with E-state index in [1.165, 1.54) is 6.07 Å². The molecule has 0 aromatic heterocycles. The number of nitrogens with zero attached hydrogens (tertiary/aromatic N) is 4. The molecule has 0 spiro atoms. The number of azide groups is 1. The Labute approximate surface area is 152 Å². The van der Waals surface area contributed by atoms with Gasteiger partial charge in [0.1, 0.15) is 20.0 Å². The molecule has 1 aliphatic heterocycles. The summed E-state index contributed by atoms with van der Waals surface area (Å²) in [7, 11) is -11.0. The summed E-state index contributed by atoms with van der Waals surface area (Å²) in [5.41, 5.74) is 8.30. The lowest BCUT2D eigenvalue weighted by Gasteiger charge is -2.21. The molecular formula is C7H12BN4O12P3. The van der Waals surface area contributed by atoms with Crippen molar-refractivity contribution in [2.45, 2.75) is 30.9 Å². The van der Waals surface area contributed by atoms with E-state index in [1.54, 1.807) is 0 Å². The topological polar surface area (TPSA) is 251 Å². The second-order valence-corrected chi connectivity index (χ2v) is 9.12. The van der Waals surface area contributed by atoms with Gasteiger partial charge in [0, 0.05) is 10.9 Å². The SMILES string of the molecule is [B]C1C[C@@H](OC(C#N)N=[N+]=[N-])C(COP(=O)(O)OP(=O)(O)OP(=O)(O)O)O1. The molecule has 1 fully saturated rings. The first-order chi connectivity index (χ1) is 12.3. The fourth-order valence-corrected chi connectivity index (χ4v) is 4.83. The molecular weight excluding hydrogens is 436 g/mol. The van der Waals surface area contributed by atoms with Gasteiger partial charge in [-0.15, -0.1) is 0 Å². The van der Waals surface area contributed by atoms with Crippen LogP contribution in [-0.2, 0) is 36.3 Å². The molecule has 1 heterocycles. The molecule has 0 saturated carbocycles. The fourth-order valence-electron chi connectivity index (χ4n) is 1.81. The van der Waals surface area contributed by atoms with Crippen molar-refractivity contribution < 1.29 is 55.9 Å². The van der Waals surface area contributed by atoms with Gasteiger partial charge in [-0.05, 0) is 17.1 Å². The first-order valence-corrected chi connectivity index (χ1v) is 11.1. The van der Waals surface area contributed by atoms with Crippen LogP contribution in [0.2, 0.25) is 0 Å². The van der Waals surface area contributed by atoms with Crippen molar-refractivity contribution in [1.29, 1.82) is 5.26 Å². The van der Waals surface area contributed by atoms with Crippen LogP contribution in [0.1, 0.15) is 6.42 Å². The molecule has 1 saturated heterocycles. The third kappa shape index (κ3) is 9.29. The summed E-state index contributed by atoms with van der Waals surface area (Å²) >= 11 is 0. The minimum absolute atomic E-state index is 0.0243. The molecule has 0 amide bonds. The lowest BCUT2D eigenvalue weighted by Crippen LogP contribution is -2.31. The minimum atomic E-state index is -5.66. The Morgan fingerprint density at radius 2 is 1.93 bits per heavy atom. The molecule has 5 unspecified atom stereocenters. The van der Waals surface area contributed by atoms with E-state index in [4.69, 9.17) is 42.8 Å². The van der Waals surface area contributed by atoms with E-state index in [0.717, 1.165) is 0 Å². The summed E-state index contributed by atoms with van der Waals surface area (Å²) in [4.78, 5) is 37.6. The van der Waals surface area contributed by atoms with Crippen molar-refractivity contribution in [2.24, 2.45) is 5.11 Å². The van der Waals surface area contributed by atoms with Gasteiger partial charge in [-0.2, -0.15) is 13.9 Å². The molecule has 0 aliphatic carbocycles. The van der Waals surface area contributed by atoms with E-state index in [1.807, 2.05) is 0 Å². The first kappa shape index (κ1) is 24.2. The highest BCUT2D eigenvalue weighted by Gasteiger charge is 2.42. The molecule has 6 atom stereocenters. The maximum atomic E-state index is 11.6. The Morgan fingerprint density at radius 3 is 2.44 bits per heavy atom. The Bertz CT molecular complexity index is 763. The second kappa shape index (κ2) is 9.60. The Balaban J connectivity index is 2.71. The number of ether oxygens (including phenoxy) is 2. The average Bonchev–Trinajstić information content (AvgIpc) is 2.80. The summed E-state index contributed by atoms with van der Waals surface area (Å²) in [5, 5.41) is 11.8. The van der Waals surface area contributed by atoms with Gasteiger partial charge in [0.2, 0.25) is 6.23 Å². The molecule has 16 nitrogen and oxygen atoms in total. The summed E-state index contributed by atoms with van der Waals surface area (Å²) in [5.74, 6) is 0. The molecule has 27 heavy (non-hydrogen) atoms. The summed E-state index contributed by atoms with van der Waals surface area (Å²) < 4.78 is 55.1. The highest BCUT2D eigenvalue weighted by atomic mass is 31.3. The molecule has 1 aliphatic rings. The van der Waals surface area contributed by atoms with Crippen molar-refractivity contribution in [1.82, 2.24) is 0 Å². The Hall–Kier alpha value is -0.805. The Kier molecular flexibility index (Phi) is 8.62. The average molecular weight is 448 g/mol. The van der Waals surface area contributed by atoms with Crippen molar-refractivity contribution in [3.05, 3.63) is 10.4 Å². The van der Waals surface area contributed by atoms with Crippen LogP contribution in [0.25, 0.3) is 10.4 Å². The highest BCUT2D eigenvalue weighted by molar-refractivity contribution is 7.66. The van der Waals surface area contributed by atoms with E-state index < -0.39 is 54.5 Å². The summed E-state index contributed by atoms with van der Waals surface area (Å²) in [6.45, 7) is -0.823. The van der Waals surface area contributed by atoms with Gasteiger partial charge in [-0.1, -0.05) is 0 Å². The second-order valence-electron chi connectivity index (χ2n) is 4.70. The van der Waals surface area contributed by atoms with E-state index in [9.17, 15) is 18.6 Å². The van der Waals surface area contributed by atoms with Crippen LogP contribution in [-0.4, -0.2) is 58.5 Å². The van der Waals surface area contributed by atoms with Crippen LogP contribution in [0.15, 0.2) is 5.11 Å². The highest BCUT2D eigenvalue weighted by Crippen LogP contribution is 2.66. The van der Waals surface area contributed by atoms with Crippen molar-refractivity contribution in [2.75, 3.05) is 6.61 Å². The van der Waals surface area contributed by atoms with Crippen LogP contribution in [0.3, 0.4) is 0 Å². The Morgan fingerprint density at radius 1 is 1.30 bits per heavy atom. The predicted molar refractivity (Wildman–Crippen MR) is 82.3 cm³/mol. The van der Waals surface area contributed by atoms with Gasteiger partial charge in [0.05, 0.1) is 12.7 Å². The zero-order valence-corrected chi connectivity index (χ0v) is 15.7. The molecule has 20 heteroatoms. The van der Waals surface area contributed by atoms with Gasteiger partial charge in [0.25, 0.3) is 0 Å². The number of nitriles is 1. The maximum Gasteiger partial charge on any atom is 0.490 e. The minimum Gasteiger partial charge on any atom is -0.380 e. The molecule has 0 aromatic carbocycles. The largest absolute Gasteiger partial charge is 0.490 e. The van der Waals surface area contributed by atoms with Gasteiger partial charge in [-0.25, -0.2) is 13.7 Å². The molecule has 2 radical (unpaired) electrons. The van der Waals surface area contributed by atoms with Crippen LogP contribution in [0, 0.1) is 11.3 Å².